The van der Waals surface area contributed by atoms with E-state index in [0.29, 0.717) is 0 Å². The maximum atomic E-state index is 8.67. The van der Waals surface area contributed by atoms with Crippen molar-refractivity contribution in [3.8, 4) is 0 Å². The molecular formula is HAsK2O3. The molecule has 0 aromatic rings. The van der Waals surface area contributed by atoms with Crippen molar-refractivity contribution in [3.05, 3.63) is 0 Å². The van der Waals surface area contributed by atoms with E-state index in [-0.39, 0.29) is 103 Å². The van der Waals surface area contributed by atoms with Gasteiger partial charge in [-0.15, -0.1) is 0 Å². The molecule has 26 valence electrons. The molecule has 0 amide bonds. The van der Waals surface area contributed by atoms with E-state index in [9.17, 15) is 0 Å². The SMILES string of the molecule is [K+].[K+].[O-][As]([O-])O. The molecule has 0 rings (SSSR count). The summed E-state index contributed by atoms with van der Waals surface area (Å²) in [6.45, 7) is 0. The molecule has 6 heteroatoms. The Kier molecular flexibility index (Phi) is 31.4. The first-order valence-electron chi connectivity index (χ1n) is 0.565. The Balaban J connectivity index is -0.0000000450. The van der Waals surface area contributed by atoms with Gasteiger partial charge >= 0.3 is 131 Å². The zero-order valence-corrected chi connectivity index (χ0v) is 11.8. The van der Waals surface area contributed by atoms with E-state index in [1.807, 2.05) is 0 Å². The van der Waals surface area contributed by atoms with Gasteiger partial charge in [0.2, 0.25) is 0 Å². The van der Waals surface area contributed by atoms with Crippen molar-refractivity contribution in [2.24, 2.45) is 0 Å². The summed E-state index contributed by atoms with van der Waals surface area (Å²) in [5.74, 6) is 0. The molecule has 1 N–H and O–H groups in total. The molecule has 0 unspecified atom stereocenters. The van der Waals surface area contributed by atoms with Gasteiger partial charge in [-0.25, -0.2) is 0 Å². The summed E-state index contributed by atoms with van der Waals surface area (Å²) in [6.07, 6.45) is 0. The molecule has 0 aliphatic carbocycles. The fraction of sp³-hybridized carbons (Fsp3) is 0. The molecule has 0 atom stereocenters. The normalized spacial score (nSPS) is 6.00. The molecule has 0 spiro atoms. The Labute approximate surface area is 127 Å². The van der Waals surface area contributed by atoms with E-state index < -0.39 is 15.7 Å². The zero-order valence-electron chi connectivity index (χ0n) is 3.71. The standard InChI is InChI=1S/AsHO3.2K/c2-1(3)4;;/h2H;;/q-2;2*+1. The van der Waals surface area contributed by atoms with Gasteiger partial charge < -0.3 is 0 Å². The van der Waals surface area contributed by atoms with E-state index in [1.165, 1.54) is 0 Å². The second-order valence-electron chi connectivity index (χ2n) is 0.238. The van der Waals surface area contributed by atoms with E-state index in [2.05, 4.69) is 0 Å². The molecule has 0 saturated heterocycles. The van der Waals surface area contributed by atoms with E-state index >= 15 is 0 Å². The molecule has 0 radical (unpaired) electrons. The molecule has 0 heterocycles. The Hall–Kier alpha value is 3.71. The fourth-order valence-corrected chi connectivity index (χ4v) is 0. The second kappa shape index (κ2) is 11.5. The third kappa shape index (κ3) is 25.2. The van der Waals surface area contributed by atoms with Gasteiger partial charge in [0.15, 0.2) is 0 Å². The van der Waals surface area contributed by atoms with Crippen LogP contribution in [-0.2, 0) is 0 Å². The zero-order chi connectivity index (χ0) is 3.58. The van der Waals surface area contributed by atoms with Gasteiger partial charge in [0, 0.05) is 0 Å². The molecule has 0 bridgehead atoms. The van der Waals surface area contributed by atoms with Crippen LogP contribution >= 0.6 is 0 Å². The van der Waals surface area contributed by atoms with Gasteiger partial charge in [0.05, 0.1) is 0 Å². The Morgan fingerprint density at radius 2 is 1.17 bits per heavy atom. The van der Waals surface area contributed by atoms with Crippen molar-refractivity contribution >= 4 is 15.7 Å². The molecule has 6 heavy (non-hydrogen) atoms. The predicted octanol–water partition coefficient (Wildman–Crippen LogP) is -9.31. The number of hydrogen-bond acceptors (Lipinski definition) is 3. The van der Waals surface area contributed by atoms with Gasteiger partial charge in [-0.3, -0.25) is 0 Å². The minimum absolute atomic E-state index is 0. The van der Waals surface area contributed by atoms with Crippen LogP contribution in [0.25, 0.3) is 0 Å². The summed E-state index contributed by atoms with van der Waals surface area (Å²) in [7, 11) is 0. The van der Waals surface area contributed by atoms with E-state index in [0.717, 1.165) is 0 Å². The third-order valence-corrected chi connectivity index (χ3v) is 0. The van der Waals surface area contributed by atoms with Crippen LogP contribution < -0.4 is 111 Å². The van der Waals surface area contributed by atoms with Crippen LogP contribution in [0.3, 0.4) is 0 Å². The van der Waals surface area contributed by atoms with Crippen molar-refractivity contribution in [3.63, 3.8) is 0 Å². The van der Waals surface area contributed by atoms with Crippen LogP contribution in [0, 0.1) is 0 Å². The molecule has 0 aromatic carbocycles. The molecule has 0 aromatic heterocycles. The average Bonchev–Trinajstić information content (AvgIpc) is 0.811. The van der Waals surface area contributed by atoms with E-state index in [4.69, 9.17) is 12.3 Å². The van der Waals surface area contributed by atoms with Crippen LogP contribution in [-0.4, -0.2) is 19.8 Å². The predicted molar refractivity (Wildman–Crippen MR) is 7.97 cm³/mol. The van der Waals surface area contributed by atoms with Crippen molar-refractivity contribution < 1.29 is 115 Å². The second-order valence-corrected chi connectivity index (χ2v) is 1.24. The average molecular weight is 202 g/mol. The molecule has 0 aliphatic heterocycles. The molecule has 0 saturated carbocycles. The van der Waals surface area contributed by atoms with Crippen molar-refractivity contribution in [1.29, 1.82) is 0 Å². The van der Waals surface area contributed by atoms with Crippen LogP contribution in [0.2, 0.25) is 0 Å². The van der Waals surface area contributed by atoms with E-state index in [1.54, 1.807) is 0 Å². The van der Waals surface area contributed by atoms with Crippen molar-refractivity contribution in [1.82, 2.24) is 0 Å². The molecule has 0 fully saturated rings. The Morgan fingerprint density at radius 3 is 1.17 bits per heavy atom. The fourth-order valence-electron chi connectivity index (χ4n) is 0. The van der Waals surface area contributed by atoms with Gasteiger partial charge in [-0.2, -0.15) is 0 Å². The van der Waals surface area contributed by atoms with Crippen LogP contribution in [0.1, 0.15) is 0 Å². The summed E-state index contributed by atoms with van der Waals surface area (Å²) in [4.78, 5) is 0. The van der Waals surface area contributed by atoms with Gasteiger partial charge in [0.25, 0.3) is 0 Å². The summed E-state index contributed by atoms with van der Waals surface area (Å²) in [5, 5.41) is 0. The van der Waals surface area contributed by atoms with Crippen LogP contribution in [0.4, 0.5) is 0 Å². The topological polar surface area (TPSA) is 66.3 Å². The summed E-state index contributed by atoms with van der Waals surface area (Å²) in [5.41, 5.74) is 0. The van der Waals surface area contributed by atoms with Gasteiger partial charge in [-0.1, -0.05) is 0 Å². The quantitative estimate of drug-likeness (QED) is 0.397. The summed E-state index contributed by atoms with van der Waals surface area (Å²) < 4.78 is 24.4. The van der Waals surface area contributed by atoms with Crippen LogP contribution in [0.5, 0.6) is 0 Å². The summed E-state index contributed by atoms with van der Waals surface area (Å²) >= 11 is -3.69. The summed E-state index contributed by atoms with van der Waals surface area (Å²) in [6, 6.07) is 0. The number of hydrogen-bond donors (Lipinski definition) is 1. The first-order chi connectivity index (χ1) is 1.73. The van der Waals surface area contributed by atoms with Gasteiger partial charge in [0.1, 0.15) is 0 Å². The first kappa shape index (κ1) is 16.4. The van der Waals surface area contributed by atoms with Crippen molar-refractivity contribution in [2.45, 2.75) is 0 Å². The molecule has 0 aliphatic rings. The Bertz CT molecular complexity index is 13.5. The monoisotopic (exact) mass is 202 g/mol. The molecular weight excluding hydrogens is 201 g/mol. The van der Waals surface area contributed by atoms with Crippen LogP contribution in [0.15, 0.2) is 0 Å². The Morgan fingerprint density at radius 1 is 1.17 bits per heavy atom. The minimum atomic E-state index is -3.69. The van der Waals surface area contributed by atoms with Gasteiger partial charge in [-0.05, 0) is 0 Å². The number of rotatable bonds is 0. The maximum absolute atomic E-state index is 8.67. The molecule has 3 nitrogen and oxygen atoms in total. The van der Waals surface area contributed by atoms with Crippen molar-refractivity contribution in [2.75, 3.05) is 0 Å². The first-order valence-corrected chi connectivity index (χ1v) is 2.94. The third-order valence-electron chi connectivity index (χ3n) is 0.